The normalized spacial score (nSPS) is 13.7. The second-order valence-electron chi connectivity index (χ2n) is 25.1. The molecule has 8 aromatic rings. The molecule has 1 aliphatic rings. The summed E-state index contributed by atoms with van der Waals surface area (Å²) in [4.78, 5) is 102. The summed E-state index contributed by atoms with van der Waals surface area (Å²) >= 11 is 8.41. The number of anilines is 1. The largest absolute Gasteiger partial charge is 0.496 e. The molecule has 0 saturated carbocycles. The van der Waals surface area contributed by atoms with Gasteiger partial charge in [-0.25, -0.2) is 43.5 Å². The zero-order valence-corrected chi connectivity index (χ0v) is 59.8. The first-order valence-corrected chi connectivity index (χ1v) is 34.6. The number of thiophene rings is 1. The van der Waals surface area contributed by atoms with Crippen molar-refractivity contribution < 1.29 is 79.2 Å². The van der Waals surface area contributed by atoms with Crippen LogP contribution in [0.3, 0.4) is 0 Å². The molecule has 1 saturated heterocycles. The van der Waals surface area contributed by atoms with E-state index in [9.17, 15) is 46.3 Å². The van der Waals surface area contributed by atoms with Gasteiger partial charge in [0.1, 0.15) is 66.1 Å². The number of aromatic nitrogens is 4. The van der Waals surface area contributed by atoms with Crippen molar-refractivity contribution in [3.63, 3.8) is 0 Å². The third kappa shape index (κ3) is 21.2. The molecule has 1 aliphatic heterocycles. The van der Waals surface area contributed by atoms with Crippen molar-refractivity contribution in [2.45, 2.75) is 84.1 Å². The standard InChI is InChI=1S/C72H78ClF4N15O12S/c1-42(2)61(89-71(98)101-34-28-85-90-79)65(94)88-53(14-11-26-82-70(78)97)64(93)87-49-22-19-46(47(36-49)38-80-4)39-92(5)32-29-91(30-33-92)31-35-100-56-24-23-51(43(3)60(56)73)58-59-66(83-41-84-67(59)105-62(58)44-17-20-48(74)21-18-44)103-57(68(95)104-69(96)72(75,76)77)37-45-12-7-9-15-54(45)102-40-50-25-27-81-63(86-50)52-13-8-10-16-55(52)99-6/h7-10,12-13,15-25,27,36,41-42,53,57,61,80H,11,14,26,28-35,37-40H2,1-6H3,(H5-,78,82,87,88,89,93,94,97,98)/p+1/t53-,57+,61-/m0/s1. The van der Waals surface area contributed by atoms with E-state index in [0.717, 1.165) is 43.6 Å². The molecule has 0 radical (unpaired) electrons. The number of rotatable bonds is 33. The molecule has 554 valence electrons. The molecule has 0 spiro atoms. The number of hydrogen-bond donors (Lipinski definition) is 6. The number of ether oxygens (including phenoxy) is 6. The highest BCUT2D eigenvalue weighted by molar-refractivity contribution is 7.22. The number of halogens is 5. The molecule has 4 heterocycles. The Balaban J connectivity index is 0.884. The number of alkyl carbamates (subject to hydrolysis) is 1. The number of benzene rings is 5. The number of methoxy groups -OCH3 is 1. The minimum atomic E-state index is -5.55. The van der Waals surface area contributed by atoms with E-state index < -0.39 is 78.4 Å². The molecule has 0 unspecified atom stereocenters. The van der Waals surface area contributed by atoms with Crippen LogP contribution in [0.5, 0.6) is 23.1 Å². The SMILES string of the molecule is CNCc1cc(NC(=O)[C@H](CCCNC(N)=O)NC(=O)[C@@H](NC(=O)OCCN=[N+]=[N-])C(C)C)ccc1C[N+]1(C)CCN(CCOc2ccc(-c3c(-c4ccc(F)cc4)sc4ncnc(O[C@H](Cc5ccccc5OCc5ccnc(-c6ccccc6OC)n5)C(=O)OC(=O)C(F)(F)F)c34)c(C)c2Cl)CC1. The third-order valence-corrected chi connectivity index (χ3v) is 18.8. The zero-order valence-electron chi connectivity index (χ0n) is 58.3. The number of nitrogens with two attached hydrogens (primary N) is 1. The van der Waals surface area contributed by atoms with Gasteiger partial charge in [-0.2, -0.15) is 13.2 Å². The number of carbonyl (C=O) groups is 6. The molecule has 33 heteroatoms. The molecule has 3 atom stereocenters. The van der Waals surface area contributed by atoms with Crippen LogP contribution in [0, 0.1) is 18.7 Å². The summed E-state index contributed by atoms with van der Waals surface area (Å²) in [5, 5.41) is 17.7. The predicted octanol–water partition coefficient (Wildman–Crippen LogP) is 10.8. The van der Waals surface area contributed by atoms with Gasteiger partial charge in [0.15, 0.2) is 5.82 Å². The maximum atomic E-state index is 14.6. The lowest BCUT2D eigenvalue weighted by Gasteiger charge is -2.42. The number of likely N-dealkylation sites (N-methyl/N-ethyl adjacent to an activating group) is 1. The van der Waals surface area contributed by atoms with Gasteiger partial charge in [0, 0.05) is 71.9 Å². The Morgan fingerprint density at radius 1 is 0.857 bits per heavy atom. The number of urea groups is 1. The Labute approximate surface area is 610 Å². The van der Waals surface area contributed by atoms with Crippen molar-refractivity contribution in [1.82, 2.24) is 46.1 Å². The van der Waals surface area contributed by atoms with Gasteiger partial charge in [0.2, 0.25) is 23.8 Å². The summed E-state index contributed by atoms with van der Waals surface area (Å²) in [7, 11) is 5.53. The number of piperazine rings is 1. The van der Waals surface area contributed by atoms with E-state index in [2.05, 4.69) is 73.2 Å². The Bertz CT molecular complexity index is 4470. The highest BCUT2D eigenvalue weighted by Gasteiger charge is 2.44. The van der Waals surface area contributed by atoms with Crippen molar-refractivity contribution in [3.8, 4) is 56.1 Å². The van der Waals surface area contributed by atoms with E-state index in [1.807, 2.05) is 25.2 Å². The van der Waals surface area contributed by atoms with Crippen LogP contribution in [0.25, 0.3) is 53.6 Å². The van der Waals surface area contributed by atoms with E-state index in [4.69, 9.17) is 46.6 Å². The number of quaternary nitrogens is 1. The summed E-state index contributed by atoms with van der Waals surface area (Å²) < 4.78 is 90.7. The molecule has 5 amide bonds. The van der Waals surface area contributed by atoms with Crippen molar-refractivity contribution in [2.75, 3.05) is 85.5 Å². The van der Waals surface area contributed by atoms with Crippen LogP contribution < -0.4 is 51.3 Å². The van der Waals surface area contributed by atoms with E-state index >= 15 is 0 Å². The molecule has 5 aromatic carbocycles. The number of carbonyl (C=O) groups excluding carboxylic acids is 6. The van der Waals surface area contributed by atoms with E-state index in [0.29, 0.717) is 90.3 Å². The Kier molecular flexibility index (Phi) is 27.3. The van der Waals surface area contributed by atoms with Gasteiger partial charge in [0.25, 0.3) is 0 Å². The second kappa shape index (κ2) is 36.6. The Morgan fingerprint density at radius 3 is 2.31 bits per heavy atom. The number of alkyl halides is 3. The Hall–Kier alpha value is -10.8. The topological polar surface area (TPSA) is 348 Å². The molecule has 27 nitrogen and oxygen atoms in total. The van der Waals surface area contributed by atoms with Crippen LogP contribution in [-0.2, 0) is 54.8 Å². The molecule has 7 N–H and O–H groups in total. The molecular formula is C72H79ClF4N15O12S+. The maximum absolute atomic E-state index is 14.6. The van der Waals surface area contributed by atoms with Gasteiger partial charge < -0.3 is 65.2 Å². The smallest absolute Gasteiger partial charge is 0.491 e. The summed E-state index contributed by atoms with van der Waals surface area (Å²) in [5.41, 5.74) is 19.6. The predicted molar refractivity (Wildman–Crippen MR) is 383 cm³/mol. The molecule has 3 aromatic heterocycles. The van der Waals surface area contributed by atoms with Gasteiger partial charge in [0.05, 0.1) is 62.1 Å². The van der Waals surface area contributed by atoms with Crippen LogP contribution in [0.15, 0.2) is 127 Å². The first-order valence-electron chi connectivity index (χ1n) is 33.4. The van der Waals surface area contributed by atoms with Crippen LogP contribution in [0.1, 0.15) is 54.6 Å². The van der Waals surface area contributed by atoms with E-state index in [1.165, 1.54) is 30.6 Å². The second-order valence-corrected chi connectivity index (χ2v) is 26.5. The highest BCUT2D eigenvalue weighted by atomic mass is 35.5. The van der Waals surface area contributed by atoms with E-state index in [1.54, 1.807) is 106 Å². The Morgan fingerprint density at radius 2 is 1.60 bits per heavy atom. The van der Waals surface area contributed by atoms with Gasteiger partial charge >= 0.3 is 30.2 Å². The summed E-state index contributed by atoms with van der Waals surface area (Å²) in [6.45, 7) is 9.85. The summed E-state index contributed by atoms with van der Waals surface area (Å²) in [5.74, 6) is -5.38. The number of amides is 5. The molecule has 0 bridgehead atoms. The quantitative estimate of drug-likeness (QED) is 0.00325. The first-order chi connectivity index (χ1) is 50.3. The van der Waals surface area contributed by atoms with Crippen LogP contribution in [0.2, 0.25) is 5.02 Å². The minimum Gasteiger partial charge on any atom is -0.496 e. The van der Waals surface area contributed by atoms with Crippen molar-refractivity contribution >= 4 is 74.7 Å². The van der Waals surface area contributed by atoms with Crippen molar-refractivity contribution in [1.29, 1.82) is 0 Å². The van der Waals surface area contributed by atoms with Gasteiger partial charge in [-0.3, -0.25) is 14.5 Å². The van der Waals surface area contributed by atoms with Gasteiger partial charge in [-0.15, -0.1) is 11.3 Å². The average Bonchev–Trinajstić information content (AvgIpc) is 1.61. The maximum Gasteiger partial charge on any atom is 0.491 e. The fourth-order valence-corrected chi connectivity index (χ4v) is 13.1. The molecule has 0 aliphatic carbocycles. The fourth-order valence-electron chi connectivity index (χ4n) is 11.7. The van der Waals surface area contributed by atoms with Crippen molar-refractivity contribution in [3.05, 3.63) is 171 Å². The zero-order chi connectivity index (χ0) is 75.4. The lowest BCUT2D eigenvalue weighted by Crippen LogP contribution is -2.57. The lowest BCUT2D eigenvalue weighted by atomic mass is 9.96. The number of para-hydroxylation sites is 2. The van der Waals surface area contributed by atoms with Crippen LogP contribution >= 0.6 is 22.9 Å². The number of nitrogens with zero attached hydrogens (tertiary/aromatic N) is 9. The average molecular weight is 1490 g/mol. The number of esters is 2. The molecule has 9 rings (SSSR count). The number of hydrogen-bond acceptors (Lipinski definition) is 20. The molecular weight excluding hydrogens is 1410 g/mol. The number of azide groups is 1. The first kappa shape index (κ1) is 78.4. The van der Waals surface area contributed by atoms with Crippen LogP contribution in [-0.4, -0.2) is 170 Å². The number of primary amides is 1. The third-order valence-electron chi connectivity index (χ3n) is 17.2. The van der Waals surface area contributed by atoms with Gasteiger partial charge in [-0.1, -0.05) is 85.2 Å². The highest BCUT2D eigenvalue weighted by Crippen LogP contribution is 2.50. The molecule has 1 fully saturated rings. The van der Waals surface area contributed by atoms with Gasteiger partial charge in [-0.05, 0) is 121 Å². The number of nitrogens with one attached hydrogen (secondary N) is 5. The fraction of sp³-hybridized carbons (Fsp3) is 0.361. The van der Waals surface area contributed by atoms with Crippen molar-refractivity contribution in [2.24, 2.45) is 16.8 Å². The summed E-state index contributed by atoms with van der Waals surface area (Å²) in [6, 6.07) is 27.1. The molecule has 105 heavy (non-hydrogen) atoms. The van der Waals surface area contributed by atoms with Crippen LogP contribution in [0.4, 0.5) is 32.8 Å². The monoisotopic (exact) mass is 1490 g/mol. The lowest BCUT2D eigenvalue weighted by molar-refractivity contribution is -0.926. The van der Waals surface area contributed by atoms with E-state index in [-0.39, 0.29) is 73.4 Å². The number of fused-ring (bicyclic) bond motifs is 1. The summed E-state index contributed by atoms with van der Waals surface area (Å²) in [6.07, 6.45) is -5.85. The minimum absolute atomic E-state index is 0.103.